The first-order valence-electron chi connectivity index (χ1n) is 29.9. The minimum absolute atomic E-state index is 0.000472. The summed E-state index contributed by atoms with van der Waals surface area (Å²) in [5, 5.41) is 2.40. The van der Waals surface area contributed by atoms with Gasteiger partial charge in [-0.25, -0.2) is 0 Å². The summed E-state index contributed by atoms with van der Waals surface area (Å²) in [5.41, 5.74) is 31.9. The summed E-state index contributed by atoms with van der Waals surface area (Å²) in [5.74, 6) is 0. The second-order valence-electron chi connectivity index (χ2n) is 25.7. The van der Waals surface area contributed by atoms with E-state index in [9.17, 15) is 0 Å². The van der Waals surface area contributed by atoms with Crippen LogP contribution < -0.4 is 9.80 Å². The Morgan fingerprint density at radius 2 is 0.810 bits per heavy atom. The van der Waals surface area contributed by atoms with Gasteiger partial charge in [-0.3, -0.25) is 0 Å². The fourth-order valence-corrected chi connectivity index (χ4v) is 14.5. The van der Waals surface area contributed by atoms with Gasteiger partial charge in [-0.2, -0.15) is 0 Å². The molecule has 3 aliphatic rings. The smallest absolute Gasteiger partial charge is 0.0746 e. The Morgan fingerprint density at radius 3 is 1.35 bits per heavy atom. The van der Waals surface area contributed by atoms with Crippen LogP contribution in [0.3, 0.4) is 0 Å². The third kappa shape index (κ3) is 7.98. The van der Waals surface area contributed by atoms with Gasteiger partial charge < -0.3 is 9.80 Å². The maximum absolute atomic E-state index is 2.63. The minimum atomic E-state index is -0.735. The van der Waals surface area contributed by atoms with Gasteiger partial charge >= 0.3 is 0 Å². The molecule has 0 heterocycles. The van der Waals surface area contributed by atoms with Crippen LogP contribution in [0.5, 0.6) is 0 Å². The molecule has 1 spiro atoms. The lowest BCUT2D eigenvalue weighted by Crippen LogP contribution is -2.28. The van der Waals surface area contributed by atoms with Gasteiger partial charge in [0, 0.05) is 33.7 Å². The van der Waals surface area contributed by atoms with Crippen molar-refractivity contribution in [2.24, 2.45) is 0 Å². The van der Waals surface area contributed by atoms with Gasteiger partial charge in [0.2, 0.25) is 0 Å². The first kappa shape index (κ1) is 51.4. The fraction of sp³-hybridized carbons (Fsp3) is 0.146. The molecule has 2 heteroatoms. The Labute approximate surface area is 496 Å². The number of nitrogens with zero attached hydrogens (tertiary/aromatic N) is 2. The highest BCUT2D eigenvalue weighted by Gasteiger charge is 2.55. The molecule has 0 radical (unpaired) electrons. The monoisotopic (exact) mass is 1080 g/mol. The van der Waals surface area contributed by atoms with Crippen LogP contribution in [0.1, 0.15) is 97.2 Å². The summed E-state index contributed by atoms with van der Waals surface area (Å²) in [6, 6.07) is 97.3. The van der Waals surface area contributed by atoms with Crippen LogP contribution in [0.15, 0.2) is 255 Å². The van der Waals surface area contributed by atoms with Crippen molar-refractivity contribution in [1.82, 2.24) is 0 Å². The molecule has 0 fully saturated rings. The van der Waals surface area contributed by atoms with Crippen molar-refractivity contribution in [3.63, 3.8) is 0 Å². The van der Waals surface area contributed by atoms with Crippen molar-refractivity contribution >= 4 is 44.9 Å². The van der Waals surface area contributed by atoms with E-state index in [1.165, 1.54) is 128 Å². The standard InChI is InChI=1S/C82H68N2/c1-52-34-40-63(49-68(52)54-22-11-9-12-23-54)83(61-42-36-59(37-43-61)80(3,4)5)75-33-21-27-57-47-71-74(51-70(57)75)82(72-31-19-17-29-66(72)67-30-18-20-32-73(67)82)79-76(48-58-46-56-26-15-16-28-65(56)77(58)78(71)79)84(62-44-38-60(39-45-62)81(6,7)8)64-41-35-53(2)69(50-64)55-24-13-10-14-25-55/h9-45,47-51H,46H2,1-8H3. The predicted octanol–water partition coefficient (Wildman–Crippen LogP) is 22.2. The molecule has 0 saturated heterocycles. The van der Waals surface area contributed by atoms with Gasteiger partial charge in [-0.15, -0.1) is 0 Å². The molecule has 84 heavy (non-hydrogen) atoms. The zero-order chi connectivity index (χ0) is 57.2. The van der Waals surface area contributed by atoms with Gasteiger partial charge in [-0.1, -0.05) is 224 Å². The Morgan fingerprint density at radius 1 is 0.333 bits per heavy atom. The van der Waals surface area contributed by atoms with Gasteiger partial charge in [-0.05, 0) is 215 Å². The maximum atomic E-state index is 2.63. The summed E-state index contributed by atoms with van der Waals surface area (Å²) in [7, 11) is 0. The van der Waals surface area contributed by atoms with E-state index in [4.69, 9.17) is 0 Å². The summed E-state index contributed by atoms with van der Waals surface area (Å²) < 4.78 is 0. The lowest BCUT2D eigenvalue weighted by atomic mass is 9.69. The molecule has 2 nitrogen and oxygen atoms in total. The lowest BCUT2D eigenvalue weighted by molar-refractivity contribution is 0.590. The second kappa shape index (κ2) is 19.3. The SMILES string of the molecule is Cc1ccc(N(c2ccc(C(C)(C)C)cc2)c2cc3c(c4c2C2(c5ccccc5-c5ccccc52)c2cc5c(N(c6ccc(C(C)(C)C)cc6)c6ccc(C)c(-c7ccccc7)c6)cccc5cc2-4)-c2ccccc2C3)cc1-c1ccccc1. The van der Waals surface area contributed by atoms with Crippen LogP contribution in [0.25, 0.3) is 66.4 Å². The Bertz CT molecular complexity index is 4540. The van der Waals surface area contributed by atoms with Crippen molar-refractivity contribution in [2.45, 2.75) is 78.1 Å². The van der Waals surface area contributed by atoms with Crippen LogP contribution in [0, 0.1) is 13.8 Å². The van der Waals surface area contributed by atoms with Crippen molar-refractivity contribution in [2.75, 3.05) is 9.80 Å². The molecular weight excluding hydrogens is 1010 g/mol. The van der Waals surface area contributed by atoms with Crippen molar-refractivity contribution in [1.29, 1.82) is 0 Å². The number of fused-ring (bicyclic) bond motifs is 15. The lowest BCUT2D eigenvalue weighted by Gasteiger charge is -2.37. The summed E-state index contributed by atoms with van der Waals surface area (Å²) in [6.07, 6.45) is 0.851. The maximum Gasteiger partial charge on any atom is 0.0746 e. The van der Waals surface area contributed by atoms with Gasteiger partial charge in [0.15, 0.2) is 0 Å². The largest absolute Gasteiger partial charge is 0.310 e. The molecule has 0 aromatic heterocycles. The Kier molecular flexibility index (Phi) is 11.8. The molecule has 406 valence electrons. The van der Waals surface area contributed by atoms with Crippen molar-refractivity contribution in [3.8, 4) is 55.6 Å². The number of benzene rings is 12. The summed E-state index contributed by atoms with van der Waals surface area (Å²) in [6.45, 7) is 18.3. The van der Waals surface area contributed by atoms with Crippen molar-refractivity contribution in [3.05, 3.63) is 310 Å². The molecule has 3 aliphatic carbocycles. The quantitative estimate of drug-likeness (QED) is 0.150. The molecule has 0 N–H and O–H groups in total. The van der Waals surface area contributed by atoms with Gasteiger partial charge in [0.25, 0.3) is 0 Å². The number of aryl methyl sites for hydroxylation is 2. The van der Waals surface area contributed by atoms with Crippen LogP contribution in [0.2, 0.25) is 0 Å². The van der Waals surface area contributed by atoms with Crippen molar-refractivity contribution < 1.29 is 0 Å². The van der Waals surface area contributed by atoms with E-state index < -0.39 is 5.41 Å². The highest BCUT2D eigenvalue weighted by atomic mass is 15.2. The fourth-order valence-electron chi connectivity index (χ4n) is 14.5. The molecule has 12 aromatic rings. The molecule has 0 unspecified atom stereocenters. The number of hydrogen-bond acceptors (Lipinski definition) is 2. The number of hydrogen-bond donors (Lipinski definition) is 0. The van der Waals surface area contributed by atoms with E-state index in [0.29, 0.717) is 0 Å². The van der Waals surface area contributed by atoms with E-state index in [-0.39, 0.29) is 10.8 Å². The Balaban J connectivity index is 1.07. The molecule has 0 bridgehead atoms. The topological polar surface area (TPSA) is 6.48 Å². The molecule has 0 atom stereocenters. The first-order chi connectivity index (χ1) is 40.8. The first-order valence-corrected chi connectivity index (χ1v) is 29.9. The van der Waals surface area contributed by atoms with E-state index in [2.05, 4.69) is 320 Å². The molecule has 15 rings (SSSR count). The van der Waals surface area contributed by atoms with Crippen LogP contribution in [0.4, 0.5) is 34.1 Å². The zero-order valence-corrected chi connectivity index (χ0v) is 49.4. The van der Waals surface area contributed by atoms with E-state index in [1.54, 1.807) is 0 Å². The molecule has 12 aromatic carbocycles. The van der Waals surface area contributed by atoms with E-state index in [1.807, 2.05) is 0 Å². The highest BCUT2D eigenvalue weighted by molar-refractivity contribution is 6.11. The highest BCUT2D eigenvalue weighted by Crippen LogP contribution is 2.69. The van der Waals surface area contributed by atoms with Gasteiger partial charge in [0.05, 0.1) is 16.8 Å². The van der Waals surface area contributed by atoms with E-state index in [0.717, 1.165) is 34.9 Å². The third-order valence-corrected chi connectivity index (χ3v) is 18.6. The van der Waals surface area contributed by atoms with Crippen LogP contribution >= 0.6 is 0 Å². The Hall–Kier alpha value is -9.50. The number of rotatable bonds is 8. The average molecular weight is 1080 g/mol. The summed E-state index contributed by atoms with van der Waals surface area (Å²) >= 11 is 0. The minimum Gasteiger partial charge on any atom is -0.310 e. The van der Waals surface area contributed by atoms with Crippen LogP contribution in [-0.4, -0.2) is 0 Å². The third-order valence-electron chi connectivity index (χ3n) is 18.6. The normalized spacial score (nSPS) is 13.3. The molecule has 0 aliphatic heterocycles. The second-order valence-corrected chi connectivity index (χ2v) is 25.7. The predicted molar refractivity (Wildman–Crippen MR) is 356 cm³/mol. The summed E-state index contributed by atoms with van der Waals surface area (Å²) in [4.78, 5) is 5.13. The van der Waals surface area contributed by atoms with E-state index >= 15 is 0 Å². The molecule has 0 amide bonds. The van der Waals surface area contributed by atoms with Crippen LogP contribution in [-0.2, 0) is 22.7 Å². The zero-order valence-electron chi connectivity index (χ0n) is 49.4. The average Bonchev–Trinajstić information content (AvgIpc) is 1.52. The molecule has 0 saturated carbocycles. The molecular formula is C82H68N2. The van der Waals surface area contributed by atoms with Gasteiger partial charge in [0.1, 0.15) is 0 Å². The number of anilines is 6.